The van der Waals surface area contributed by atoms with E-state index in [1.807, 2.05) is 0 Å². The summed E-state index contributed by atoms with van der Waals surface area (Å²) in [5, 5.41) is 5.50. The second-order valence-electron chi connectivity index (χ2n) is 6.23. The Morgan fingerprint density at radius 2 is 2.15 bits per heavy atom. The van der Waals surface area contributed by atoms with Crippen LogP contribution in [0.1, 0.15) is 54.3 Å². The number of carbonyl (C=O) groups excluding carboxylic acids is 3. The van der Waals surface area contributed by atoms with Crippen LogP contribution < -0.4 is 16.4 Å². The molecule has 26 heavy (non-hydrogen) atoms. The largest absolute Gasteiger partial charge is 0.403 e. The van der Waals surface area contributed by atoms with Crippen molar-refractivity contribution in [1.29, 1.82) is 0 Å². The van der Waals surface area contributed by atoms with E-state index in [0.29, 0.717) is 34.1 Å². The average Bonchev–Trinajstić information content (AvgIpc) is 3.32. The molecule has 4 N–H and O–H groups in total. The van der Waals surface area contributed by atoms with Gasteiger partial charge in [0.1, 0.15) is 6.04 Å². The zero-order chi connectivity index (χ0) is 18.9. The van der Waals surface area contributed by atoms with Gasteiger partial charge >= 0.3 is 0 Å². The molecule has 0 unspecified atom stereocenters. The van der Waals surface area contributed by atoms with E-state index in [2.05, 4.69) is 15.6 Å². The van der Waals surface area contributed by atoms with Gasteiger partial charge in [-0.3, -0.25) is 19.4 Å². The highest BCUT2D eigenvalue weighted by atomic mass is 32.1. The van der Waals surface area contributed by atoms with Gasteiger partial charge in [-0.2, -0.15) is 0 Å². The van der Waals surface area contributed by atoms with Crippen LogP contribution >= 0.6 is 11.3 Å². The summed E-state index contributed by atoms with van der Waals surface area (Å²) < 4.78 is 0. The molecular weight excluding hydrogens is 352 g/mol. The van der Waals surface area contributed by atoms with Gasteiger partial charge in [-0.05, 0) is 24.5 Å². The Kier molecular flexibility index (Phi) is 7.53. The molecular formula is C18H28N4O3S. The molecule has 0 saturated heterocycles. The van der Waals surface area contributed by atoms with Crippen molar-refractivity contribution >= 4 is 35.7 Å². The first kappa shape index (κ1) is 19.8. The van der Waals surface area contributed by atoms with Crippen LogP contribution in [0.25, 0.3) is 0 Å². The zero-order valence-electron chi connectivity index (χ0n) is 14.7. The summed E-state index contributed by atoms with van der Waals surface area (Å²) in [7, 11) is 1.58. The third-order valence-electron chi connectivity index (χ3n) is 4.35. The predicted molar refractivity (Wildman–Crippen MR) is 107 cm³/mol. The van der Waals surface area contributed by atoms with Gasteiger partial charge in [0.15, 0.2) is 6.29 Å². The smallest absolute Gasteiger partial charge is 0.262 e. The second-order valence-corrected chi connectivity index (χ2v) is 7.35. The fourth-order valence-electron chi connectivity index (χ4n) is 3.06. The number of nitrogens with zero attached hydrogens (tertiary/aromatic N) is 1. The van der Waals surface area contributed by atoms with E-state index in [9.17, 15) is 14.4 Å². The molecule has 2 amide bonds. The standard InChI is InChI=1S/C18H24N4O3S.2H2/c1-20-10-13(9-19)21-17(24)15(8-12-4-2-3-5-12)22-18(25)16-7-6-14(11-23)26-16;;/h6-7,9-12,15H,2-5,8,19H2,1H3,(H,21,24)(H,22,25);2*1H/b13-9+,20-10?;;/t15-;;/m0../s1. The lowest BCUT2D eigenvalue weighted by Gasteiger charge is -2.21. The molecule has 1 heterocycles. The SMILES string of the molecule is CN=C/C(=C\N)NC(=O)[C@H](CC1CCCC1)NC(=O)c1ccc(C=O)s1.[HH].[HH]. The first-order valence-corrected chi connectivity index (χ1v) is 9.39. The van der Waals surface area contributed by atoms with E-state index in [1.165, 1.54) is 12.4 Å². The van der Waals surface area contributed by atoms with E-state index >= 15 is 0 Å². The number of hydrogen-bond donors (Lipinski definition) is 3. The first-order valence-electron chi connectivity index (χ1n) is 8.58. The van der Waals surface area contributed by atoms with Crippen LogP contribution in [0.5, 0.6) is 0 Å². The number of rotatable bonds is 8. The summed E-state index contributed by atoms with van der Waals surface area (Å²) in [6.45, 7) is 0. The van der Waals surface area contributed by atoms with Gasteiger partial charge in [-0.25, -0.2) is 0 Å². The monoisotopic (exact) mass is 380 g/mol. The van der Waals surface area contributed by atoms with Crippen LogP contribution in [0.2, 0.25) is 0 Å². The predicted octanol–water partition coefficient (Wildman–Crippen LogP) is 2.35. The van der Waals surface area contributed by atoms with Crippen molar-refractivity contribution in [2.45, 2.75) is 38.1 Å². The molecule has 0 bridgehead atoms. The highest BCUT2D eigenvalue weighted by Gasteiger charge is 2.27. The highest BCUT2D eigenvalue weighted by molar-refractivity contribution is 7.15. The minimum Gasteiger partial charge on any atom is -0.403 e. The van der Waals surface area contributed by atoms with Crippen LogP contribution in [0, 0.1) is 5.92 Å². The van der Waals surface area contributed by atoms with Gasteiger partial charge in [-0.1, -0.05) is 25.7 Å². The highest BCUT2D eigenvalue weighted by Crippen LogP contribution is 2.29. The molecule has 0 aliphatic heterocycles. The Bertz CT molecular complexity index is 715. The van der Waals surface area contributed by atoms with Crippen LogP contribution in [0.4, 0.5) is 0 Å². The lowest BCUT2D eigenvalue weighted by atomic mass is 9.97. The molecule has 7 nitrogen and oxygen atoms in total. The van der Waals surface area contributed by atoms with Crippen LogP contribution in [-0.2, 0) is 4.79 Å². The summed E-state index contributed by atoms with van der Waals surface area (Å²) in [4.78, 5) is 40.7. The number of aldehydes is 1. The van der Waals surface area contributed by atoms with Gasteiger partial charge < -0.3 is 16.4 Å². The molecule has 1 atom stereocenters. The maximum Gasteiger partial charge on any atom is 0.262 e. The third kappa shape index (κ3) is 5.52. The molecule has 0 aromatic carbocycles. The molecule has 0 radical (unpaired) electrons. The Morgan fingerprint density at radius 3 is 2.73 bits per heavy atom. The maximum absolute atomic E-state index is 12.7. The first-order chi connectivity index (χ1) is 12.6. The van der Waals surface area contributed by atoms with Crippen molar-refractivity contribution in [3.63, 3.8) is 0 Å². The van der Waals surface area contributed by atoms with Crippen molar-refractivity contribution in [3.05, 3.63) is 33.8 Å². The molecule has 8 heteroatoms. The normalized spacial score (nSPS) is 16.6. The van der Waals surface area contributed by atoms with Gasteiger partial charge in [0.25, 0.3) is 5.91 Å². The Morgan fingerprint density at radius 1 is 1.42 bits per heavy atom. The van der Waals surface area contributed by atoms with Gasteiger partial charge in [-0.15, -0.1) is 11.3 Å². The summed E-state index contributed by atoms with van der Waals surface area (Å²) >= 11 is 1.10. The van der Waals surface area contributed by atoms with Gasteiger partial charge in [0, 0.05) is 22.3 Å². The van der Waals surface area contributed by atoms with Crippen molar-refractivity contribution in [2.24, 2.45) is 16.6 Å². The molecule has 1 aliphatic rings. The number of carbonyl (C=O) groups is 3. The summed E-state index contributed by atoms with van der Waals surface area (Å²) in [5.74, 6) is -0.275. The number of thiophene rings is 1. The van der Waals surface area contributed by atoms with Gasteiger partial charge in [0.2, 0.25) is 5.91 Å². The number of nitrogens with two attached hydrogens (primary N) is 1. The third-order valence-corrected chi connectivity index (χ3v) is 5.36. The summed E-state index contributed by atoms with van der Waals surface area (Å²) in [6, 6.07) is 2.50. The van der Waals surface area contributed by atoms with Crippen LogP contribution in [-0.4, -0.2) is 37.4 Å². The minimum atomic E-state index is -0.674. The zero-order valence-corrected chi connectivity index (χ0v) is 15.6. The summed E-state index contributed by atoms with van der Waals surface area (Å²) in [6.07, 6.45) is 8.40. The number of aliphatic imine (C=N–C) groups is 1. The molecule has 1 aliphatic carbocycles. The van der Waals surface area contributed by atoms with Crippen LogP contribution in [0.3, 0.4) is 0 Å². The topological polar surface area (TPSA) is 114 Å². The van der Waals surface area contributed by atoms with Gasteiger partial charge in [0.05, 0.1) is 15.5 Å². The number of hydrogen-bond acceptors (Lipinski definition) is 6. The minimum absolute atomic E-state index is 0. The van der Waals surface area contributed by atoms with E-state index in [-0.39, 0.29) is 14.7 Å². The molecule has 1 aromatic rings. The Labute approximate surface area is 159 Å². The molecule has 1 fully saturated rings. The summed E-state index contributed by atoms with van der Waals surface area (Å²) in [5.41, 5.74) is 5.87. The second kappa shape index (κ2) is 9.86. The number of allylic oxidation sites excluding steroid dienone is 1. The fourth-order valence-corrected chi connectivity index (χ4v) is 3.79. The fraction of sp³-hybridized carbons (Fsp3) is 0.444. The lowest BCUT2D eigenvalue weighted by Crippen LogP contribution is -2.47. The maximum atomic E-state index is 12.7. The van der Waals surface area contributed by atoms with E-state index < -0.39 is 6.04 Å². The van der Waals surface area contributed by atoms with Crippen molar-refractivity contribution in [2.75, 3.05) is 7.05 Å². The number of nitrogens with one attached hydrogen (secondary N) is 2. The quantitative estimate of drug-likeness (QED) is 0.474. The lowest BCUT2D eigenvalue weighted by molar-refractivity contribution is -0.122. The van der Waals surface area contributed by atoms with Crippen LogP contribution in [0.15, 0.2) is 29.0 Å². The van der Waals surface area contributed by atoms with Crippen molar-refractivity contribution in [3.8, 4) is 0 Å². The molecule has 0 spiro atoms. The molecule has 2 rings (SSSR count). The Balaban J connectivity index is 0.00000364. The molecule has 1 saturated carbocycles. The van der Waals surface area contributed by atoms with Crippen molar-refractivity contribution in [1.82, 2.24) is 10.6 Å². The van der Waals surface area contributed by atoms with E-state index in [1.54, 1.807) is 19.2 Å². The average molecular weight is 381 g/mol. The Hall–Kier alpha value is -2.48. The van der Waals surface area contributed by atoms with E-state index in [4.69, 9.17) is 5.73 Å². The molecule has 1 aromatic heterocycles. The van der Waals surface area contributed by atoms with Crippen molar-refractivity contribution < 1.29 is 17.2 Å². The molecule has 144 valence electrons. The van der Waals surface area contributed by atoms with E-state index in [0.717, 1.165) is 37.0 Å². The number of amides is 2.